The van der Waals surface area contributed by atoms with Crippen LogP contribution in [0.3, 0.4) is 0 Å². The molecule has 106 valence electrons. The Balaban J connectivity index is 2.82. The third kappa shape index (κ3) is 3.25. The monoisotopic (exact) mass is 254 g/mol. The van der Waals surface area contributed by atoms with Gasteiger partial charge in [-0.2, -0.15) is 0 Å². The molecule has 0 aromatic carbocycles. The molecule has 0 aromatic heterocycles. The quantitative estimate of drug-likeness (QED) is 0.792. The highest BCUT2D eigenvalue weighted by molar-refractivity contribution is 5.83. The highest BCUT2D eigenvalue weighted by Gasteiger charge is 2.42. The molecule has 0 saturated carbocycles. The van der Waals surface area contributed by atoms with E-state index in [1.807, 2.05) is 0 Å². The second kappa shape index (κ2) is 6.05. The molecule has 0 aromatic rings. The van der Waals surface area contributed by atoms with E-state index in [9.17, 15) is 4.79 Å². The zero-order chi connectivity index (χ0) is 13.8. The lowest BCUT2D eigenvalue weighted by molar-refractivity contribution is -0.142. The molecular formula is C15H30N2O. The van der Waals surface area contributed by atoms with Gasteiger partial charge in [0, 0.05) is 19.6 Å². The van der Waals surface area contributed by atoms with Crippen molar-refractivity contribution in [1.29, 1.82) is 0 Å². The molecule has 1 rings (SSSR count). The fourth-order valence-corrected chi connectivity index (χ4v) is 3.21. The van der Waals surface area contributed by atoms with Gasteiger partial charge < -0.3 is 10.6 Å². The van der Waals surface area contributed by atoms with Gasteiger partial charge in [-0.25, -0.2) is 0 Å². The Hall–Kier alpha value is -0.570. The van der Waals surface area contributed by atoms with Crippen LogP contribution in [0.25, 0.3) is 0 Å². The summed E-state index contributed by atoms with van der Waals surface area (Å²) in [4.78, 5) is 14.9. The van der Waals surface area contributed by atoms with Gasteiger partial charge in [0.15, 0.2) is 0 Å². The molecule has 0 spiro atoms. The summed E-state index contributed by atoms with van der Waals surface area (Å²) >= 11 is 0. The lowest BCUT2D eigenvalue weighted by Gasteiger charge is -2.35. The summed E-state index contributed by atoms with van der Waals surface area (Å²) < 4.78 is 0. The van der Waals surface area contributed by atoms with Crippen LogP contribution in [0.1, 0.15) is 59.8 Å². The topological polar surface area (TPSA) is 46.3 Å². The van der Waals surface area contributed by atoms with Crippen LogP contribution in [-0.2, 0) is 4.79 Å². The molecule has 1 aliphatic heterocycles. The molecule has 0 aliphatic carbocycles. The summed E-state index contributed by atoms with van der Waals surface area (Å²) in [6.07, 6.45) is 5.01. The Kier molecular flexibility index (Phi) is 5.20. The summed E-state index contributed by atoms with van der Waals surface area (Å²) in [6.45, 7) is 11.0. The average Bonchev–Trinajstić information content (AvgIpc) is 2.68. The SMILES string of the molecule is CCCC(CN)(CCC)C(=O)N1CCC(C)(C)C1. The van der Waals surface area contributed by atoms with Crippen molar-refractivity contribution in [3.05, 3.63) is 0 Å². The van der Waals surface area contributed by atoms with E-state index in [0.717, 1.165) is 45.2 Å². The lowest BCUT2D eigenvalue weighted by Crippen LogP contribution is -2.47. The first-order chi connectivity index (χ1) is 8.40. The molecule has 3 heteroatoms. The van der Waals surface area contributed by atoms with Crippen molar-refractivity contribution in [3.63, 3.8) is 0 Å². The van der Waals surface area contributed by atoms with Crippen molar-refractivity contribution < 1.29 is 4.79 Å². The molecule has 0 radical (unpaired) electrons. The van der Waals surface area contributed by atoms with Gasteiger partial charge in [0.05, 0.1) is 5.41 Å². The summed E-state index contributed by atoms with van der Waals surface area (Å²) in [6, 6.07) is 0. The Morgan fingerprint density at radius 2 is 1.83 bits per heavy atom. The first-order valence-electron chi connectivity index (χ1n) is 7.40. The van der Waals surface area contributed by atoms with E-state index < -0.39 is 0 Å². The molecule has 1 amide bonds. The zero-order valence-corrected chi connectivity index (χ0v) is 12.6. The highest BCUT2D eigenvalue weighted by Crippen LogP contribution is 2.36. The molecule has 0 bridgehead atoms. The number of hydrogen-bond acceptors (Lipinski definition) is 2. The number of carbonyl (C=O) groups excluding carboxylic acids is 1. The standard InChI is InChI=1S/C15H30N2O/c1-5-7-15(11-16,8-6-2)13(18)17-10-9-14(3,4)12-17/h5-12,16H2,1-4H3. The first kappa shape index (κ1) is 15.5. The van der Waals surface area contributed by atoms with Crippen LogP contribution in [0, 0.1) is 10.8 Å². The second-order valence-corrected chi connectivity index (χ2v) is 6.63. The van der Waals surface area contributed by atoms with Gasteiger partial charge in [-0.3, -0.25) is 4.79 Å². The highest BCUT2D eigenvalue weighted by atomic mass is 16.2. The van der Waals surface area contributed by atoms with E-state index in [-0.39, 0.29) is 10.8 Å². The van der Waals surface area contributed by atoms with Gasteiger partial charge >= 0.3 is 0 Å². The molecule has 0 unspecified atom stereocenters. The van der Waals surface area contributed by atoms with Crippen molar-refractivity contribution in [2.75, 3.05) is 19.6 Å². The van der Waals surface area contributed by atoms with Gasteiger partial charge in [0.25, 0.3) is 0 Å². The molecule has 0 atom stereocenters. The van der Waals surface area contributed by atoms with Crippen LogP contribution >= 0.6 is 0 Å². The van der Waals surface area contributed by atoms with Crippen LogP contribution < -0.4 is 5.73 Å². The molecule has 1 heterocycles. The zero-order valence-electron chi connectivity index (χ0n) is 12.6. The number of likely N-dealkylation sites (tertiary alicyclic amines) is 1. The molecule has 1 fully saturated rings. The smallest absolute Gasteiger partial charge is 0.230 e. The van der Waals surface area contributed by atoms with E-state index in [2.05, 4.69) is 32.6 Å². The van der Waals surface area contributed by atoms with Crippen molar-refractivity contribution in [2.24, 2.45) is 16.6 Å². The molecule has 1 aliphatic rings. The van der Waals surface area contributed by atoms with Crippen molar-refractivity contribution in [3.8, 4) is 0 Å². The average molecular weight is 254 g/mol. The fraction of sp³-hybridized carbons (Fsp3) is 0.933. The third-order valence-corrected chi connectivity index (χ3v) is 4.27. The normalized spacial score (nSPS) is 19.3. The predicted molar refractivity (Wildman–Crippen MR) is 76.3 cm³/mol. The number of hydrogen-bond donors (Lipinski definition) is 1. The van der Waals surface area contributed by atoms with Crippen molar-refractivity contribution in [1.82, 2.24) is 4.90 Å². The van der Waals surface area contributed by atoms with Crippen LogP contribution in [-0.4, -0.2) is 30.4 Å². The van der Waals surface area contributed by atoms with Gasteiger partial charge in [-0.15, -0.1) is 0 Å². The number of nitrogens with zero attached hydrogens (tertiary/aromatic N) is 1. The van der Waals surface area contributed by atoms with Crippen molar-refractivity contribution >= 4 is 5.91 Å². The maximum atomic E-state index is 12.8. The summed E-state index contributed by atoms with van der Waals surface area (Å²) in [7, 11) is 0. The Bertz CT molecular complexity index is 280. The van der Waals surface area contributed by atoms with Crippen LogP contribution in [0.15, 0.2) is 0 Å². The van der Waals surface area contributed by atoms with Gasteiger partial charge in [0.1, 0.15) is 0 Å². The molecule has 18 heavy (non-hydrogen) atoms. The van der Waals surface area contributed by atoms with Crippen LogP contribution in [0.5, 0.6) is 0 Å². The first-order valence-corrected chi connectivity index (χ1v) is 7.40. The minimum Gasteiger partial charge on any atom is -0.342 e. The van der Waals surface area contributed by atoms with E-state index >= 15 is 0 Å². The van der Waals surface area contributed by atoms with Crippen LogP contribution in [0.4, 0.5) is 0 Å². The maximum Gasteiger partial charge on any atom is 0.230 e. The number of nitrogens with two attached hydrogens (primary N) is 1. The maximum absolute atomic E-state index is 12.8. The molecular weight excluding hydrogens is 224 g/mol. The summed E-state index contributed by atoms with van der Waals surface area (Å²) in [5, 5.41) is 0. The van der Waals surface area contributed by atoms with E-state index in [0.29, 0.717) is 12.5 Å². The minimum atomic E-state index is -0.302. The Morgan fingerprint density at radius 1 is 1.28 bits per heavy atom. The summed E-state index contributed by atoms with van der Waals surface area (Å²) in [5.41, 5.74) is 5.94. The molecule has 1 saturated heterocycles. The van der Waals surface area contributed by atoms with Crippen LogP contribution in [0.2, 0.25) is 0 Å². The Labute approximate surface area is 112 Å². The van der Waals surface area contributed by atoms with Crippen molar-refractivity contribution in [2.45, 2.75) is 59.8 Å². The predicted octanol–water partition coefficient (Wildman–Crippen LogP) is 2.79. The fourth-order valence-electron chi connectivity index (χ4n) is 3.21. The third-order valence-electron chi connectivity index (χ3n) is 4.27. The summed E-state index contributed by atoms with van der Waals surface area (Å²) in [5.74, 6) is 0.305. The van der Waals surface area contributed by atoms with Gasteiger partial charge in [0.2, 0.25) is 5.91 Å². The van der Waals surface area contributed by atoms with E-state index in [1.165, 1.54) is 0 Å². The number of amides is 1. The van der Waals surface area contributed by atoms with Gasteiger partial charge in [-0.05, 0) is 24.7 Å². The number of carbonyl (C=O) groups is 1. The molecule has 3 nitrogen and oxygen atoms in total. The Morgan fingerprint density at radius 3 is 2.17 bits per heavy atom. The largest absolute Gasteiger partial charge is 0.342 e. The minimum absolute atomic E-state index is 0.272. The second-order valence-electron chi connectivity index (χ2n) is 6.63. The van der Waals surface area contributed by atoms with Gasteiger partial charge in [-0.1, -0.05) is 40.5 Å². The van der Waals surface area contributed by atoms with E-state index in [1.54, 1.807) is 0 Å². The molecule has 2 N–H and O–H groups in total. The van der Waals surface area contributed by atoms with E-state index in [4.69, 9.17) is 5.73 Å². The lowest BCUT2D eigenvalue weighted by atomic mass is 9.78. The number of rotatable bonds is 6.